The summed E-state index contributed by atoms with van der Waals surface area (Å²) >= 11 is 3.09. The van der Waals surface area contributed by atoms with Gasteiger partial charge in [0.05, 0.1) is 16.9 Å². The largest absolute Gasteiger partial charge is 0.325 e. The summed E-state index contributed by atoms with van der Waals surface area (Å²) in [7, 11) is 0. The van der Waals surface area contributed by atoms with E-state index in [1.54, 1.807) is 11.3 Å². The molecule has 7 heteroatoms. The lowest BCUT2D eigenvalue weighted by Gasteiger charge is -2.10. The summed E-state index contributed by atoms with van der Waals surface area (Å²) in [6, 6.07) is 8.04. The van der Waals surface area contributed by atoms with Gasteiger partial charge in [-0.15, -0.1) is 23.1 Å². The Morgan fingerprint density at radius 1 is 1.31 bits per heavy atom. The predicted octanol–water partition coefficient (Wildman–Crippen LogP) is 4.86. The van der Waals surface area contributed by atoms with Crippen LogP contribution in [-0.2, 0) is 23.4 Å². The highest BCUT2D eigenvalue weighted by Gasteiger charge is 2.21. The van der Waals surface area contributed by atoms with Crippen LogP contribution in [0.4, 0.5) is 5.69 Å². The molecule has 1 aromatic carbocycles. The number of nitrogens with one attached hydrogen (secondary N) is 2. The molecule has 0 saturated carbocycles. The number of anilines is 1. The molecule has 152 valence electrons. The molecule has 5 nitrogen and oxygen atoms in total. The summed E-state index contributed by atoms with van der Waals surface area (Å²) in [5.41, 5.74) is 3.24. The van der Waals surface area contributed by atoms with Crippen LogP contribution in [0.3, 0.4) is 0 Å². The van der Waals surface area contributed by atoms with Crippen molar-refractivity contribution in [2.45, 2.75) is 51.2 Å². The van der Waals surface area contributed by atoms with Gasteiger partial charge < -0.3 is 10.3 Å². The fourth-order valence-electron chi connectivity index (χ4n) is 3.68. The molecular formula is C22H25N3O2S2. The van der Waals surface area contributed by atoms with Gasteiger partial charge in [0.2, 0.25) is 5.91 Å². The molecule has 3 aromatic rings. The number of thiophene rings is 1. The van der Waals surface area contributed by atoms with Crippen LogP contribution in [0.2, 0.25) is 0 Å². The predicted molar refractivity (Wildman–Crippen MR) is 122 cm³/mol. The highest BCUT2D eigenvalue weighted by molar-refractivity contribution is 7.99. The van der Waals surface area contributed by atoms with Crippen LogP contribution in [0, 0.1) is 0 Å². The number of rotatable bonds is 7. The van der Waals surface area contributed by atoms with Crippen molar-refractivity contribution in [1.82, 2.24) is 9.97 Å². The van der Waals surface area contributed by atoms with Crippen LogP contribution in [0.15, 0.2) is 29.1 Å². The third kappa shape index (κ3) is 4.41. The maximum Gasteiger partial charge on any atom is 0.259 e. The molecule has 0 bridgehead atoms. The smallest absolute Gasteiger partial charge is 0.259 e. The van der Waals surface area contributed by atoms with E-state index in [0.717, 1.165) is 41.6 Å². The molecular weight excluding hydrogens is 402 g/mol. The number of H-pyrrole nitrogens is 1. The average molecular weight is 428 g/mol. The van der Waals surface area contributed by atoms with E-state index < -0.39 is 0 Å². The maximum absolute atomic E-state index is 12.5. The quantitative estimate of drug-likeness (QED) is 0.565. The highest BCUT2D eigenvalue weighted by atomic mass is 32.2. The Balaban J connectivity index is 1.33. The fourth-order valence-corrected chi connectivity index (χ4v) is 5.65. The van der Waals surface area contributed by atoms with Crippen LogP contribution in [0.5, 0.6) is 0 Å². The first-order chi connectivity index (χ1) is 14.0. The lowest BCUT2D eigenvalue weighted by atomic mass is 9.99. The Morgan fingerprint density at radius 2 is 2.10 bits per heavy atom. The van der Waals surface area contributed by atoms with Gasteiger partial charge in [-0.25, -0.2) is 4.98 Å². The summed E-state index contributed by atoms with van der Waals surface area (Å²) in [6.45, 7) is 4.37. The van der Waals surface area contributed by atoms with Crippen LogP contribution < -0.4 is 10.9 Å². The van der Waals surface area contributed by atoms with Crippen molar-refractivity contribution in [3.63, 3.8) is 0 Å². The average Bonchev–Trinajstić information content (AvgIpc) is 3.28. The first kappa shape index (κ1) is 20.2. The van der Waals surface area contributed by atoms with E-state index in [9.17, 15) is 9.59 Å². The van der Waals surface area contributed by atoms with Crippen LogP contribution in [-0.4, -0.2) is 21.6 Å². The zero-order valence-electron chi connectivity index (χ0n) is 16.7. The molecule has 2 heterocycles. The summed E-state index contributed by atoms with van der Waals surface area (Å²) in [5.74, 6) is 1.93. The number of benzene rings is 1. The standard InChI is InChI=1S/C22H25N3O2S2/c1-3-13(2)14-7-9-15(10-8-14)23-19(26)12-28-11-18-24-21(27)20-16-5-4-6-17(16)29-22(20)25-18/h7-10,13H,3-6,11-12H2,1-2H3,(H,23,26)(H,24,25,27). The summed E-state index contributed by atoms with van der Waals surface area (Å²) in [6.07, 6.45) is 4.26. The zero-order valence-corrected chi connectivity index (χ0v) is 18.3. The lowest BCUT2D eigenvalue weighted by molar-refractivity contribution is -0.113. The fraction of sp³-hybridized carbons (Fsp3) is 0.409. The molecule has 2 N–H and O–H groups in total. The lowest BCUT2D eigenvalue weighted by Crippen LogP contribution is -2.15. The zero-order chi connectivity index (χ0) is 20.4. The molecule has 0 spiro atoms. The second-order valence-corrected chi connectivity index (χ2v) is 9.59. The van der Waals surface area contributed by atoms with Gasteiger partial charge in [-0.2, -0.15) is 0 Å². The molecule has 1 aliphatic carbocycles. The van der Waals surface area contributed by atoms with Crippen molar-refractivity contribution in [3.8, 4) is 0 Å². The molecule has 0 fully saturated rings. The molecule has 0 radical (unpaired) electrons. The monoisotopic (exact) mass is 427 g/mol. The van der Waals surface area contributed by atoms with Gasteiger partial charge in [0, 0.05) is 10.6 Å². The number of nitrogens with zero attached hydrogens (tertiary/aromatic N) is 1. The summed E-state index contributed by atoms with van der Waals surface area (Å²) in [4.78, 5) is 34.4. The Morgan fingerprint density at radius 3 is 2.86 bits per heavy atom. The van der Waals surface area contributed by atoms with Crippen molar-refractivity contribution in [3.05, 3.63) is 56.4 Å². The number of aryl methyl sites for hydroxylation is 2. The minimum atomic E-state index is -0.0511. The van der Waals surface area contributed by atoms with E-state index in [0.29, 0.717) is 23.2 Å². The number of thioether (sulfide) groups is 1. The van der Waals surface area contributed by atoms with E-state index in [4.69, 9.17) is 0 Å². The van der Waals surface area contributed by atoms with Gasteiger partial charge in [0.25, 0.3) is 5.56 Å². The Labute approximate surface area is 178 Å². The first-order valence-corrected chi connectivity index (χ1v) is 12.0. The molecule has 0 aliphatic heterocycles. The topological polar surface area (TPSA) is 74.8 Å². The van der Waals surface area contributed by atoms with E-state index in [1.165, 1.54) is 27.8 Å². The number of carbonyl (C=O) groups excluding carboxylic acids is 1. The van der Waals surface area contributed by atoms with Crippen molar-refractivity contribution >= 4 is 44.9 Å². The molecule has 4 rings (SSSR count). The van der Waals surface area contributed by atoms with Gasteiger partial charge >= 0.3 is 0 Å². The first-order valence-electron chi connectivity index (χ1n) is 10.1. The Kier molecular flexibility index (Phi) is 6.06. The molecule has 1 amide bonds. The second kappa shape index (κ2) is 8.71. The number of aromatic amines is 1. The number of carbonyl (C=O) groups is 1. The van der Waals surface area contributed by atoms with E-state index in [1.807, 2.05) is 12.1 Å². The molecule has 1 aliphatic rings. The highest BCUT2D eigenvalue weighted by Crippen LogP contribution is 2.34. The summed E-state index contributed by atoms with van der Waals surface area (Å²) in [5, 5.41) is 3.70. The van der Waals surface area contributed by atoms with Gasteiger partial charge in [0.15, 0.2) is 0 Å². The van der Waals surface area contributed by atoms with Gasteiger partial charge in [-0.3, -0.25) is 9.59 Å². The Bertz CT molecular complexity index is 1090. The number of fused-ring (bicyclic) bond motifs is 3. The third-order valence-corrected chi connectivity index (χ3v) is 7.60. The van der Waals surface area contributed by atoms with Crippen LogP contribution in [0.25, 0.3) is 10.2 Å². The number of hydrogen-bond acceptors (Lipinski definition) is 5. The van der Waals surface area contributed by atoms with Crippen LogP contribution in [0.1, 0.15) is 54.4 Å². The summed E-state index contributed by atoms with van der Waals surface area (Å²) < 4.78 is 0. The van der Waals surface area contributed by atoms with E-state index in [-0.39, 0.29) is 11.5 Å². The molecule has 1 unspecified atom stereocenters. The second-order valence-electron chi connectivity index (χ2n) is 7.52. The van der Waals surface area contributed by atoms with E-state index in [2.05, 4.69) is 41.3 Å². The van der Waals surface area contributed by atoms with Crippen molar-refractivity contribution < 1.29 is 4.79 Å². The SMILES string of the molecule is CCC(C)c1ccc(NC(=O)CSCc2nc3sc4c(c3c(=O)[nH]2)CCC4)cc1. The number of aromatic nitrogens is 2. The van der Waals surface area contributed by atoms with Crippen molar-refractivity contribution in [2.24, 2.45) is 0 Å². The molecule has 29 heavy (non-hydrogen) atoms. The third-order valence-electron chi connectivity index (χ3n) is 5.47. The van der Waals surface area contributed by atoms with Gasteiger partial charge in [0.1, 0.15) is 10.7 Å². The minimum Gasteiger partial charge on any atom is -0.325 e. The maximum atomic E-state index is 12.5. The minimum absolute atomic E-state index is 0.0455. The van der Waals surface area contributed by atoms with Gasteiger partial charge in [-0.05, 0) is 54.9 Å². The molecule has 1 atom stereocenters. The van der Waals surface area contributed by atoms with Gasteiger partial charge in [-0.1, -0.05) is 26.0 Å². The molecule has 2 aromatic heterocycles. The van der Waals surface area contributed by atoms with Crippen molar-refractivity contribution in [2.75, 3.05) is 11.1 Å². The number of amides is 1. The Hall–Kier alpha value is -2.12. The molecule has 0 saturated heterocycles. The normalized spacial score (nSPS) is 14.1. The van der Waals surface area contributed by atoms with E-state index >= 15 is 0 Å². The van der Waals surface area contributed by atoms with Crippen molar-refractivity contribution in [1.29, 1.82) is 0 Å². The van der Waals surface area contributed by atoms with Crippen LogP contribution >= 0.6 is 23.1 Å². The number of hydrogen-bond donors (Lipinski definition) is 2.